The molecule has 2 aromatic carbocycles. The molecule has 0 saturated carbocycles. The Balaban J connectivity index is 1.65. The van der Waals surface area contributed by atoms with Gasteiger partial charge in [-0.15, -0.1) is 0 Å². The maximum atomic E-state index is 14.1. The highest BCUT2D eigenvalue weighted by molar-refractivity contribution is 5.97. The topological polar surface area (TPSA) is 94.0 Å². The summed E-state index contributed by atoms with van der Waals surface area (Å²) in [5.74, 6) is -2.09. The number of anilines is 1. The number of imidazole rings is 1. The first-order valence-electron chi connectivity index (χ1n) is 12.4. The Kier molecular flexibility index (Phi) is 8.03. The number of benzene rings is 2. The Bertz CT molecular complexity index is 1540. The second-order valence-corrected chi connectivity index (χ2v) is 10.2. The molecule has 0 spiro atoms. The molecule has 1 unspecified atom stereocenters. The molecule has 4 aromatic rings. The first-order chi connectivity index (χ1) is 18.8. The zero-order valence-electron chi connectivity index (χ0n) is 22.6. The Morgan fingerprint density at radius 1 is 1.02 bits per heavy atom. The fourth-order valence-corrected chi connectivity index (χ4v) is 4.00. The van der Waals surface area contributed by atoms with Gasteiger partial charge in [-0.3, -0.25) is 9.20 Å². The lowest BCUT2D eigenvalue weighted by Gasteiger charge is -2.23. The van der Waals surface area contributed by atoms with E-state index >= 15 is 0 Å². The van der Waals surface area contributed by atoms with Gasteiger partial charge >= 0.3 is 6.09 Å². The van der Waals surface area contributed by atoms with E-state index < -0.39 is 41.1 Å². The number of carbonyl (C=O) groups is 2. The highest BCUT2D eigenvalue weighted by Crippen LogP contribution is 2.29. The molecule has 8 nitrogen and oxygen atoms in total. The molecule has 2 aromatic heterocycles. The third-order valence-corrected chi connectivity index (χ3v) is 5.80. The van der Waals surface area contributed by atoms with Crippen LogP contribution < -0.4 is 15.4 Å². The third-order valence-electron chi connectivity index (χ3n) is 5.80. The number of hydrogen-bond donors (Lipinski definition) is 2. The van der Waals surface area contributed by atoms with E-state index in [1.54, 1.807) is 51.3 Å². The van der Waals surface area contributed by atoms with E-state index in [0.717, 1.165) is 12.1 Å². The third kappa shape index (κ3) is 6.53. The van der Waals surface area contributed by atoms with Gasteiger partial charge in [0.15, 0.2) is 11.4 Å². The van der Waals surface area contributed by atoms with Gasteiger partial charge in [-0.25, -0.2) is 22.9 Å². The molecule has 0 fully saturated rings. The van der Waals surface area contributed by atoms with Crippen LogP contribution in [0.4, 0.5) is 23.8 Å². The van der Waals surface area contributed by atoms with Crippen LogP contribution >= 0.6 is 0 Å². The van der Waals surface area contributed by atoms with E-state index in [9.17, 15) is 22.8 Å². The first-order valence-corrected chi connectivity index (χ1v) is 12.4. The largest absolute Gasteiger partial charge is 0.485 e. The molecule has 11 heteroatoms. The Labute approximate surface area is 229 Å². The summed E-state index contributed by atoms with van der Waals surface area (Å²) in [4.78, 5) is 30.6. The first kappa shape index (κ1) is 28.5. The minimum absolute atomic E-state index is 0.227. The van der Waals surface area contributed by atoms with Crippen molar-refractivity contribution in [3.05, 3.63) is 94.6 Å². The lowest BCUT2D eigenvalue weighted by atomic mass is 10.1. The van der Waals surface area contributed by atoms with Crippen molar-refractivity contribution in [2.45, 2.75) is 52.9 Å². The molecule has 2 N–H and O–H groups in total. The Morgan fingerprint density at radius 2 is 1.68 bits per heavy atom. The van der Waals surface area contributed by atoms with Crippen LogP contribution in [0.3, 0.4) is 0 Å². The number of amides is 2. The fourth-order valence-electron chi connectivity index (χ4n) is 4.00. The van der Waals surface area contributed by atoms with Crippen molar-refractivity contribution in [1.29, 1.82) is 0 Å². The van der Waals surface area contributed by atoms with Crippen LogP contribution in [-0.4, -0.2) is 27.0 Å². The summed E-state index contributed by atoms with van der Waals surface area (Å²) in [5.41, 5.74) is 0.708. The summed E-state index contributed by atoms with van der Waals surface area (Å²) >= 11 is 0. The van der Waals surface area contributed by atoms with E-state index in [-0.39, 0.29) is 23.7 Å². The summed E-state index contributed by atoms with van der Waals surface area (Å²) < 4.78 is 54.5. The molecule has 0 aliphatic heterocycles. The molecule has 0 saturated heterocycles. The van der Waals surface area contributed by atoms with Crippen molar-refractivity contribution >= 4 is 23.5 Å². The number of ether oxygens (including phenoxy) is 2. The standard InChI is InChI=1S/C29H29F3N4O4/c1-16-13-23(39-15-20-21(31)7-6-8-22(20)32)26-33-17(2)25(36(26)14-16)35-27(37)24(18-9-11-19(30)12-10-18)34-28(38)40-29(3,4)5/h6-14,24H,15H2,1-5H3,(H,34,38)(H,35,37). The lowest BCUT2D eigenvalue weighted by molar-refractivity contribution is -0.118. The van der Waals surface area contributed by atoms with Crippen LogP contribution in [0.2, 0.25) is 0 Å². The van der Waals surface area contributed by atoms with Gasteiger partial charge in [-0.05, 0) is 76.1 Å². The number of aromatic nitrogens is 2. The zero-order chi connectivity index (χ0) is 29.2. The van der Waals surface area contributed by atoms with Gasteiger partial charge in [-0.2, -0.15) is 0 Å². The quantitative estimate of drug-likeness (QED) is 0.286. The van der Waals surface area contributed by atoms with E-state index in [4.69, 9.17) is 9.47 Å². The predicted molar refractivity (Wildman–Crippen MR) is 142 cm³/mol. The predicted octanol–water partition coefficient (Wildman–Crippen LogP) is 6.15. The van der Waals surface area contributed by atoms with Gasteiger partial charge in [0, 0.05) is 6.20 Å². The lowest BCUT2D eigenvalue weighted by Crippen LogP contribution is -2.40. The van der Waals surface area contributed by atoms with Crippen molar-refractivity contribution in [3.63, 3.8) is 0 Å². The average molecular weight is 555 g/mol. The molecule has 0 aliphatic rings. The van der Waals surface area contributed by atoms with E-state index in [0.29, 0.717) is 22.5 Å². The normalized spacial score (nSPS) is 12.2. The van der Waals surface area contributed by atoms with Crippen molar-refractivity contribution in [2.75, 3.05) is 5.32 Å². The molecule has 1 atom stereocenters. The van der Waals surface area contributed by atoms with Crippen LogP contribution in [-0.2, 0) is 16.1 Å². The number of rotatable bonds is 7. The van der Waals surface area contributed by atoms with Crippen molar-refractivity contribution in [1.82, 2.24) is 14.7 Å². The summed E-state index contributed by atoms with van der Waals surface area (Å²) in [6.07, 6.45) is 0.870. The molecule has 2 heterocycles. The van der Waals surface area contributed by atoms with Crippen molar-refractivity contribution in [3.8, 4) is 5.75 Å². The fraction of sp³-hybridized carbons (Fsp3) is 0.276. The molecule has 2 amide bonds. The molecule has 4 rings (SSSR count). The van der Waals surface area contributed by atoms with Crippen molar-refractivity contribution < 1.29 is 32.2 Å². The second kappa shape index (κ2) is 11.3. The zero-order valence-corrected chi connectivity index (χ0v) is 22.6. The van der Waals surface area contributed by atoms with Crippen LogP contribution in [0, 0.1) is 31.3 Å². The van der Waals surface area contributed by atoms with Crippen LogP contribution in [0.25, 0.3) is 5.65 Å². The van der Waals surface area contributed by atoms with Gasteiger partial charge in [0.05, 0.1) is 11.3 Å². The smallest absolute Gasteiger partial charge is 0.408 e. The number of fused-ring (bicyclic) bond motifs is 1. The summed E-state index contributed by atoms with van der Waals surface area (Å²) in [7, 11) is 0. The summed E-state index contributed by atoms with van der Waals surface area (Å²) in [5, 5.41) is 5.32. The van der Waals surface area contributed by atoms with Gasteiger partial charge in [0.25, 0.3) is 5.91 Å². The van der Waals surface area contributed by atoms with E-state index in [1.807, 2.05) is 0 Å². The molecule has 210 valence electrons. The molecule has 0 radical (unpaired) electrons. The van der Waals surface area contributed by atoms with Crippen LogP contribution in [0.1, 0.15) is 49.2 Å². The molecule has 0 aliphatic carbocycles. The molecule has 40 heavy (non-hydrogen) atoms. The number of nitrogens with one attached hydrogen (secondary N) is 2. The number of hydrogen-bond acceptors (Lipinski definition) is 5. The minimum atomic E-state index is -1.23. The molecular weight excluding hydrogens is 525 g/mol. The maximum Gasteiger partial charge on any atom is 0.408 e. The highest BCUT2D eigenvalue weighted by atomic mass is 19.1. The van der Waals surface area contributed by atoms with Gasteiger partial charge in [0.2, 0.25) is 0 Å². The second-order valence-electron chi connectivity index (χ2n) is 10.2. The SMILES string of the molecule is Cc1cc(OCc2c(F)cccc2F)c2nc(C)c(NC(=O)C(NC(=O)OC(C)(C)C)c3ccc(F)cc3)n2c1. The van der Waals surface area contributed by atoms with Crippen molar-refractivity contribution in [2.24, 2.45) is 0 Å². The van der Waals surface area contributed by atoms with Gasteiger partial charge in [-0.1, -0.05) is 18.2 Å². The number of aryl methyl sites for hydroxylation is 2. The number of halogens is 3. The Morgan fingerprint density at radius 3 is 2.30 bits per heavy atom. The Hall–Kier alpha value is -4.54. The molecular formula is C29H29F3N4O4. The van der Waals surface area contributed by atoms with Gasteiger partial charge in [0.1, 0.15) is 41.5 Å². The summed E-state index contributed by atoms with van der Waals surface area (Å²) in [6, 6.07) is 9.11. The number of nitrogens with zero attached hydrogens (tertiary/aromatic N) is 2. The van der Waals surface area contributed by atoms with Crippen LogP contribution in [0.15, 0.2) is 54.7 Å². The highest BCUT2D eigenvalue weighted by Gasteiger charge is 2.28. The minimum Gasteiger partial charge on any atom is -0.485 e. The van der Waals surface area contributed by atoms with E-state index in [1.165, 1.54) is 30.3 Å². The van der Waals surface area contributed by atoms with Crippen LogP contribution in [0.5, 0.6) is 5.75 Å². The monoisotopic (exact) mass is 554 g/mol. The molecule has 0 bridgehead atoms. The average Bonchev–Trinajstić information content (AvgIpc) is 3.16. The number of carbonyl (C=O) groups excluding carboxylic acids is 2. The number of pyridine rings is 1. The van der Waals surface area contributed by atoms with Gasteiger partial charge < -0.3 is 20.1 Å². The summed E-state index contributed by atoms with van der Waals surface area (Å²) in [6.45, 7) is 8.12. The maximum absolute atomic E-state index is 14.1. The van der Waals surface area contributed by atoms with E-state index in [2.05, 4.69) is 15.6 Å². The number of alkyl carbamates (subject to hydrolysis) is 1.